The maximum absolute atomic E-state index is 12.4. The molecule has 0 saturated heterocycles. The van der Waals surface area contributed by atoms with E-state index in [-0.39, 0.29) is 24.6 Å². The third-order valence-corrected chi connectivity index (χ3v) is 6.97. The van der Waals surface area contributed by atoms with Crippen LogP contribution in [0.15, 0.2) is 66.7 Å². The Balaban J connectivity index is 1.32. The van der Waals surface area contributed by atoms with E-state index in [2.05, 4.69) is 5.32 Å². The van der Waals surface area contributed by atoms with Gasteiger partial charge in [0.1, 0.15) is 12.7 Å². The molecule has 0 atom stereocenters. The van der Waals surface area contributed by atoms with Gasteiger partial charge in [0.2, 0.25) is 5.91 Å². The summed E-state index contributed by atoms with van der Waals surface area (Å²) in [6.45, 7) is 0.184. The summed E-state index contributed by atoms with van der Waals surface area (Å²) in [6, 6.07) is 17.3. The molecule has 3 aromatic rings. The topological polar surface area (TPSA) is 73.9 Å². The molecule has 0 heterocycles. The number of nitrogens with one attached hydrogen (secondary N) is 1. The first-order valence-corrected chi connectivity index (χ1v) is 13.2. The van der Waals surface area contributed by atoms with Crippen LogP contribution in [0.4, 0.5) is 5.69 Å². The SMILES string of the molecule is COc1cc(/C=C/C(=O)Nc2ccc(C(=O)OC3CCCCC3)cc2)ccc1OCc1c(Cl)cccc1Cl. The Morgan fingerprint density at radius 1 is 0.947 bits per heavy atom. The molecule has 1 aliphatic carbocycles. The van der Waals surface area contributed by atoms with Crippen LogP contribution in [-0.4, -0.2) is 25.1 Å². The maximum atomic E-state index is 12.4. The molecule has 0 bridgehead atoms. The number of rotatable bonds is 9. The number of hydrogen-bond donors (Lipinski definition) is 1. The highest BCUT2D eigenvalue weighted by atomic mass is 35.5. The number of benzene rings is 3. The van der Waals surface area contributed by atoms with Gasteiger partial charge in [-0.15, -0.1) is 0 Å². The lowest BCUT2D eigenvalue weighted by Gasteiger charge is -2.21. The third-order valence-electron chi connectivity index (χ3n) is 6.26. The molecule has 4 rings (SSSR count). The number of carbonyl (C=O) groups is 2. The van der Waals surface area contributed by atoms with Gasteiger partial charge < -0.3 is 19.5 Å². The Morgan fingerprint density at radius 3 is 2.34 bits per heavy atom. The van der Waals surface area contributed by atoms with E-state index in [1.165, 1.54) is 12.5 Å². The molecule has 0 aromatic heterocycles. The van der Waals surface area contributed by atoms with Gasteiger partial charge in [-0.25, -0.2) is 4.79 Å². The van der Waals surface area contributed by atoms with Gasteiger partial charge in [-0.05, 0) is 85.9 Å². The van der Waals surface area contributed by atoms with Crippen molar-refractivity contribution in [2.45, 2.75) is 44.8 Å². The van der Waals surface area contributed by atoms with Crippen molar-refractivity contribution in [2.75, 3.05) is 12.4 Å². The van der Waals surface area contributed by atoms with Crippen molar-refractivity contribution in [1.82, 2.24) is 0 Å². The normalized spacial score (nSPS) is 13.8. The monoisotopic (exact) mass is 553 g/mol. The number of amides is 1. The summed E-state index contributed by atoms with van der Waals surface area (Å²) in [5.74, 6) is 0.389. The summed E-state index contributed by atoms with van der Waals surface area (Å²) in [5.41, 5.74) is 2.48. The first kappa shape index (κ1) is 27.6. The Labute approximate surface area is 232 Å². The van der Waals surface area contributed by atoms with Gasteiger partial charge in [0.05, 0.1) is 12.7 Å². The molecule has 6 nitrogen and oxygen atoms in total. The Hall–Kier alpha value is -3.48. The predicted molar refractivity (Wildman–Crippen MR) is 150 cm³/mol. The van der Waals surface area contributed by atoms with E-state index in [0.29, 0.717) is 38.4 Å². The lowest BCUT2D eigenvalue weighted by molar-refractivity contribution is -0.111. The maximum Gasteiger partial charge on any atom is 0.338 e. The molecule has 0 spiro atoms. The molecule has 1 aliphatic rings. The smallest absolute Gasteiger partial charge is 0.338 e. The number of carbonyl (C=O) groups excluding carboxylic acids is 2. The summed E-state index contributed by atoms with van der Waals surface area (Å²) < 4.78 is 16.9. The fraction of sp³-hybridized carbons (Fsp3) is 0.267. The average Bonchev–Trinajstić information content (AvgIpc) is 2.93. The number of anilines is 1. The van der Waals surface area contributed by atoms with Crippen molar-refractivity contribution in [2.24, 2.45) is 0 Å². The molecule has 1 N–H and O–H groups in total. The van der Waals surface area contributed by atoms with Crippen molar-refractivity contribution < 1.29 is 23.8 Å². The van der Waals surface area contributed by atoms with Gasteiger partial charge in [0, 0.05) is 27.4 Å². The van der Waals surface area contributed by atoms with Crippen LogP contribution in [0.25, 0.3) is 6.08 Å². The highest BCUT2D eigenvalue weighted by molar-refractivity contribution is 6.35. The largest absolute Gasteiger partial charge is 0.493 e. The van der Waals surface area contributed by atoms with E-state index < -0.39 is 0 Å². The van der Waals surface area contributed by atoms with Gasteiger partial charge in [0.25, 0.3) is 0 Å². The summed E-state index contributed by atoms with van der Waals surface area (Å²) >= 11 is 12.4. The zero-order valence-corrected chi connectivity index (χ0v) is 22.6. The van der Waals surface area contributed by atoms with Crippen molar-refractivity contribution in [3.05, 3.63) is 93.5 Å². The number of methoxy groups -OCH3 is 1. The molecule has 1 amide bonds. The van der Waals surface area contributed by atoms with Crippen LogP contribution in [0, 0.1) is 0 Å². The van der Waals surface area contributed by atoms with Crippen LogP contribution in [0.5, 0.6) is 11.5 Å². The highest BCUT2D eigenvalue weighted by Gasteiger charge is 2.18. The standard InChI is InChI=1S/C30H29Cl2NO5/c1-36-28-18-20(10-16-27(28)37-19-24-25(31)8-5-9-26(24)32)11-17-29(34)33-22-14-12-21(13-15-22)30(35)38-23-6-3-2-4-7-23/h5,8-18,23H,2-4,6-7,19H2,1H3,(H,33,34)/b17-11+. The molecular weight excluding hydrogens is 525 g/mol. The second-order valence-corrected chi connectivity index (χ2v) is 9.78. The van der Waals surface area contributed by atoms with Crippen LogP contribution in [0.3, 0.4) is 0 Å². The first-order chi connectivity index (χ1) is 18.4. The summed E-state index contributed by atoms with van der Waals surface area (Å²) in [5, 5.41) is 3.84. The lowest BCUT2D eigenvalue weighted by atomic mass is 9.98. The zero-order valence-electron chi connectivity index (χ0n) is 21.0. The minimum Gasteiger partial charge on any atom is -0.493 e. The van der Waals surface area contributed by atoms with Crippen LogP contribution < -0.4 is 14.8 Å². The summed E-state index contributed by atoms with van der Waals surface area (Å²) in [4.78, 5) is 24.8. The van der Waals surface area contributed by atoms with Crippen molar-refractivity contribution in [3.63, 3.8) is 0 Å². The number of halogens is 2. The van der Waals surface area contributed by atoms with E-state index >= 15 is 0 Å². The summed E-state index contributed by atoms with van der Waals surface area (Å²) in [6.07, 6.45) is 8.33. The van der Waals surface area contributed by atoms with Gasteiger partial charge in [0.15, 0.2) is 11.5 Å². The average molecular weight is 554 g/mol. The Bertz CT molecular complexity index is 1280. The molecular formula is C30H29Cl2NO5. The molecule has 3 aromatic carbocycles. The molecule has 38 heavy (non-hydrogen) atoms. The molecule has 1 saturated carbocycles. The molecule has 198 valence electrons. The zero-order chi connectivity index (χ0) is 26.9. The lowest BCUT2D eigenvalue weighted by Crippen LogP contribution is -2.20. The van der Waals surface area contributed by atoms with Crippen LogP contribution in [0.1, 0.15) is 53.6 Å². The quantitative estimate of drug-likeness (QED) is 0.217. The molecule has 0 radical (unpaired) electrons. The van der Waals surface area contributed by atoms with Crippen molar-refractivity contribution >= 4 is 46.8 Å². The van der Waals surface area contributed by atoms with Crippen LogP contribution in [0.2, 0.25) is 10.0 Å². The first-order valence-electron chi connectivity index (χ1n) is 12.5. The Morgan fingerprint density at radius 2 is 1.66 bits per heavy atom. The molecule has 0 aliphatic heterocycles. The summed E-state index contributed by atoms with van der Waals surface area (Å²) in [7, 11) is 1.54. The number of hydrogen-bond acceptors (Lipinski definition) is 5. The van der Waals surface area contributed by atoms with Gasteiger partial charge in [-0.3, -0.25) is 4.79 Å². The molecule has 1 fully saturated rings. The third kappa shape index (κ3) is 7.53. The van der Waals surface area contributed by atoms with E-state index in [1.54, 1.807) is 67.8 Å². The van der Waals surface area contributed by atoms with Crippen LogP contribution in [-0.2, 0) is 16.1 Å². The molecule has 0 unspecified atom stereocenters. The number of ether oxygens (including phenoxy) is 3. The van der Waals surface area contributed by atoms with E-state index in [4.69, 9.17) is 37.4 Å². The predicted octanol–water partition coefficient (Wildman–Crippen LogP) is 7.72. The van der Waals surface area contributed by atoms with Gasteiger partial charge >= 0.3 is 5.97 Å². The number of esters is 1. The fourth-order valence-corrected chi connectivity index (χ4v) is 4.68. The Kier molecular flexibility index (Phi) is 9.68. The fourth-order valence-electron chi connectivity index (χ4n) is 4.18. The minimum atomic E-state index is -0.328. The van der Waals surface area contributed by atoms with E-state index in [0.717, 1.165) is 31.2 Å². The van der Waals surface area contributed by atoms with Gasteiger partial charge in [-0.2, -0.15) is 0 Å². The van der Waals surface area contributed by atoms with Crippen molar-refractivity contribution in [1.29, 1.82) is 0 Å². The minimum absolute atomic E-state index is 0.000811. The van der Waals surface area contributed by atoms with E-state index in [1.807, 2.05) is 6.07 Å². The second-order valence-electron chi connectivity index (χ2n) is 8.96. The van der Waals surface area contributed by atoms with Crippen LogP contribution >= 0.6 is 23.2 Å². The molecule has 8 heteroatoms. The van der Waals surface area contributed by atoms with E-state index in [9.17, 15) is 9.59 Å². The highest BCUT2D eigenvalue weighted by Crippen LogP contribution is 2.32. The van der Waals surface area contributed by atoms with Crippen molar-refractivity contribution in [3.8, 4) is 11.5 Å². The van der Waals surface area contributed by atoms with Gasteiger partial charge in [-0.1, -0.05) is 41.8 Å². The second kappa shape index (κ2) is 13.4.